The van der Waals surface area contributed by atoms with Gasteiger partial charge < -0.3 is 19.9 Å². The maximum atomic E-state index is 13.8. The van der Waals surface area contributed by atoms with Crippen LogP contribution in [0, 0.1) is 5.82 Å². The van der Waals surface area contributed by atoms with Crippen LogP contribution in [0.15, 0.2) is 41.4 Å². The van der Waals surface area contributed by atoms with E-state index < -0.39 is 17.6 Å². The van der Waals surface area contributed by atoms with Gasteiger partial charge in [0, 0.05) is 42.4 Å². The predicted octanol–water partition coefficient (Wildman–Crippen LogP) is 4.92. The first-order valence-corrected chi connectivity index (χ1v) is 9.91. The van der Waals surface area contributed by atoms with Gasteiger partial charge in [-0.3, -0.25) is 4.99 Å². The molecule has 1 fully saturated rings. The van der Waals surface area contributed by atoms with Gasteiger partial charge in [0.25, 0.3) is 0 Å². The number of anilines is 1. The number of aromatic amines is 1. The first-order valence-electron chi connectivity index (χ1n) is 9.91. The van der Waals surface area contributed by atoms with Gasteiger partial charge in [-0.25, -0.2) is 4.39 Å². The Morgan fingerprint density at radius 2 is 1.87 bits per heavy atom. The molecule has 1 aromatic heterocycles. The maximum Gasteiger partial charge on any atom is 0.418 e. The fourth-order valence-corrected chi connectivity index (χ4v) is 3.84. The zero-order valence-electron chi connectivity index (χ0n) is 16.9. The van der Waals surface area contributed by atoms with Gasteiger partial charge in [0.15, 0.2) is 5.88 Å². The average Bonchev–Trinajstić information content (AvgIpc) is 2.86. The molecule has 0 saturated carbocycles. The van der Waals surface area contributed by atoms with Gasteiger partial charge in [0.1, 0.15) is 5.82 Å². The molecule has 1 aliphatic rings. The van der Waals surface area contributed by atoms with Crippen LogP contribution in [-0.4, -0.2) is 54.4 Å². The predicted molar refractivity (Wildman–Crippen MR) is 113 cm³/mol. The lowest BCUT2D eigenvalue weighted by Crippen LogP contribution is -2.30. The number of hydrogen-bond acceptors (Lipinski definition) is 4. The van der Waals surface area contributed by atoms with Gasteiger partial charge in [-0.15, -0.1) is 0 Å². The topological polar surface area (TPSA) is 54.9 Å². The molecule has 0 spiro atoms. The molecule has 0 atom stereocenters. The summed E-state index contributed by atoms with van der Waals surface area (Å²) in [5.41, 5.74) is 0.188. The molecule has 0 amide bonds. The maximum absolute atomic E-state index is 13.8. The second-order valence-electron chi connectivity index (χ2n) is 7.68. The van der Waals surface area contributed by atoms with Crippen LogP contribution in [0.25, 0.3) is 10.9 Å². The van der Waals surface area contributed by atoms with Crippen LogP contribution >= 0.6 is 0 Å². The molecule has 1 aliphatic heterocycles. The number of aliphatic imine (C=N–C) groups is 1. The average molecular weight is 434 g/mol. The summed E-state index contributed by atoms with van der Waals surface area (Å²) < 4.78 is 55.0. The molecule has 2 heterocycles. The van der Waals surface area contributed by atoms with Crippen molar-refractivity contribution in [3.05, 3.63) is 53.3 Å². The largest absolute Gasteiger partial charge is 0.494 e. The van der Waals surface area contributed by atoms with E-state index in [0.29, 0.717) is 30.5 Å². The molecular weight excluding hydrogens is 412 g/mol. The highest BCUT2D eigenvalue weighted by Gasteiger charge is 2.35. The summed E-state index contributed by atoms with van der Waals surface area (Å²) in [5.74, 6) is -0.723. The zero-order chi connectivity index (χ0) is 22.2. The van der Waals surface area contributed by atoms with Crippen molar-refractivity contribution in [2.24, 2.45) is 4.99 Å². The van der Waals surface area contributed by atoms with Gasteiger partial charge in [-0.05, 0) is 56.4 Å². The highest BCUT2D eigenvalue weighted by Crippen LogP contribution is 2.39. The summed E-state index contributed by atoms with van der Waals surface area (Å²) >= 11 is 0. The molecule has 0 unspecified atom stereocenters. The highest BCUT2D eigenvalue weighted by molar-refractivity contribution is 6.02. The summed E-state index contributed by atoms with van der Waals surface area (Å²) in [6, 6.07) is 7.91. The van der Waals surface area contributed by atoms with Crippen molar-refractivity contribution >= 4 is 28.5 Å². The second-order valence-corrected chi connectivity index (χ2v) is 7.68. The summed E-state index contributed by atoms with van der Waals surface area (Å²) in [6.45, 7) is 2.59. The first kappa shape index (κ1) is 21.2. The van der Waals surface area contributed by atoms with Gasteiger partial charge in [0.05, 0.1) is 16.8 Å². The fourth-order valence-electron chi connectivity index (χ4n) is 3.84. The number of aromatic hydroxyl groups is 1. The number of alkyl halides is 3. The zero-order valence-corrected chi connectivity index (χ0v) is 16.9. The SMILES string of the molecule is CN1CCCN(c2ccc(N=Cc3c(O)[nH]c4ccc(F)cc34)cc2C(F)(F)F)CC1. The standard InChI is InChI=1S/C22H22F4N4O/c1-29-7-2-8-30(10-9-29)20-6-4-15(12-18(20)22(24,25)26)27-13-17-16-11-14(23)3-5-19(16)28-21(17)31/h3-6,11-13,28,31H,2,7-10H2,1H3. The van der Waals surface area contributed by atoms with E-state index in [2.05, 4.69) is 14.9 Å². The first-order chi connectivity index (χ1) is 14.7. The smallest absolute Gasteiger partial charge is 0.418 e. The third kappa shape index (κ3) is 4.51. The number of nitrogens with one attached hydrogen (secondary N) is 1. The molecule has 164 valence electrons. The number of hydrogen-bond donors (Lipinski definition) is 2. The number of H-pyrrole nitrogens is 1. The molecule has 5 nitrogen and oxygen atoms in total. The minimum atomic E-state index is -4.54. The van der Waals surface area contributed by atoms with Crippen molar-refractivity contribution < 1.29 is 22.7 Å². The third-order valence-electron chi connectivity index (χ3n) is 5.47. The highest BCUT2D eigenvalue weighted by atomic mass is 19.4. The Kier molecular flexibility index (Phi) is 5.62. The molecular formula is C22H22F4N4O. The van der Waals surface area contributed by atoms with Crippen molar-refractivity contribution in [2.45, 2.75) is 12.6 Å². The molecule has 31 heavy (non-hydrogen) atoms. The lowest BCUT2D eigenvalue weighted by Gasteiger charge is -2.26. The molecule has 0 radical (unpaired) electrons. The number of nitrogens with zero attached hydrogens (tertiary/aromatic N) is 3. The summed E-state index contributed by atoms with van der Waals surface area (Å²) in [4.78, 5) is 10.7. The minimum absolute atomic E-state index is 0.0909. The Balaban J connectivity index is 1.69. The summed E-state index contributed by atoms with van der Waals surface area (Å²) in [6.07, 6.45) is -2.51. The number of aromatic nitrogens is 1. The molecule has 2 aromatic carbocycles. The van der Waals surface area contributed by atoms with Crippen LogP contribution in [0.1, 0.15) is 17.5 Å². The molecule has 9 heteroatoms. The van der Waals surface area contributed by atoms with Crippen molar-refractivity contribution in [1.29, 1.82) is 0 Å². The Bertz CT molecular complexity index is 1120. The second kappa shape index (κ2) is 8.22. The lowest BCUT2D eigenvalue weighted by atomic mass is 10.1. The van der Waals surface area contributed by atoms with E-state index >= 15 is 0 Å². The number of halogens is 4. The molecule has 0 aliphatic carbocycles. The van der Waals surface area contributed by atoms with Crippen molar-refractivity contribution in [3.8, 4) is 5.88 Å². The molecule has 0 bridgehead atoms. The van der Waals surface area contributed by atoms with E-state index in [1.807, 2.05) is 7.05 Å². The number of likely N-dealkylation sites (N-methyl/N-ethyl adjacent to an activating group) is 1. The van der Waals surface area contributed by atoms with Gasteiger partial charge in [-0.1, -0.05) is 0 Å². The van der Waals surface area contributed by atoms with Crippen molar-refractivity contribution in [3.63, 3.8) is 0 Å². The van der Waals surface area contributed by atoms with Crippen LogP contribution < -0.4 is 4.90 Å². The Hall–Kier alpha value is -3.07. The van der Waals surface area contributed by atoms with E-state index in [-0.39, 0.29) is 22.8 Å². The van der Waals surface area contributed by atoms with Gasteiger partial charge in [0.2, 0.25) is 0 Å². The van der Waals surface area contributed by atoms with Crippen LogP contribution in [-0.2, 0) is 6.18 Å². The molecule has 2 N–H and O–H groups in total. The third-order valence-corrected chi connectivity index (χ3v) is 5.47. The molecule has 4 rings (SSSR count). The van der Waals surface area contributed by atoms with E-state index in [4.69, 9.17) is 0 Å². The van der Waals surface area contributed by atoms with Crippen LogP contribution in [0.4, 0.5) is 28.9 Å². The molecule has 1 saturated heterocycles. The Morgan fingerprint density at radius 3 is 2.65 bits per heavy atom. The van der Waals surface area contributed by atoms with E-state index in [1.165, 1.54) is 36.5 Å². The summed E-state index contributed by atoms with van der Waals surface area (Å²) in [7, 11) is 1.96. The Labute approximate surface area is 176 Å². The van der Waals surface area contributed by atoms with Crippen LogP contribution in [0.5, 0.6) is 5.88 Å². The van der Waals surface area contributed by atoms with E-state index in [1.54, 1.807) is 4.90 Å². The summed E-state index contributed by atoms with van der Waals surface area (Å²) in [5, 5.41) is 10.5. The number of fused-ring (bicyclic) bond motifs is 1. The van der Waals surface area contributed by atoms with Crippen molar-refractivity contribution in [2.75, 3.05) is 38.1 Å². The quantitative estimate of drug-likeness (QED) is 0.454. The molecule has 3 aromatic rings. The lowest BCUT2D eigenvalue weighted by molar-refractivity contribution is -0.137. The van der Waals surface area contributed by atoms with Crippen molar-refractivity contribution in [1.82, 2.24) is 9.88 Å². The normalized spacial score (nSPS) is 16.4. The number of benzene rings is 2. The van der Waals surface area contributed by atoms with E-state index in [0.717, 1.165) is 19.0 Å². The monoisotopic (exact) mass is 434 g/mol. The van der Waals surface area contributed by atoms with Crippen LogP contribution in [0.3, 0.4) is 0 Å². The van der Waals surface area contributed by atoms with Gasteiger partial charge >= 0.3 is 6.18 Å². The van der Waals surface area contributed by atoms with E-state index in [9.17, 15) is 22.7 Å². The Morgan fingerprint density at radius 1 is 1.06 bits per heavy atom. The fraction of sp³-hybridized carbons (Fsp3) is 0.318. The minimum Gasteiger partial charge on any atom is -0.494 e. The van der Waals surface area contributed by atoms with Gasteiger partial charge in [-0.2, -0.15) is 13.2 Å². The number of rotatable bonds is 3. The van der Waals surface area contributed by atoms with Crippen LogP contribution in [0.2, 0.25) is 0 Å².